The molecule has 1 aromatic heterocycles. The van der Waals surface area contributed by atoms with Gasteiger partial charge in [0, 0.05) is 23.5 Å². The molecule has 0 spiro atoms. The molecule has 1 heterocycles. The van der Waals surface area contributed by atoms with E-state index in [0.29, 0.717) is 0 Å². The van der Waals surface area contributed by atoms with Crippen LogP contribution in [0.4, 0.5) is 0 Å². The normalized spacial score (nSPS) is 15.2. The van der Waals surface area contributed by atoms with E-state index >= 15 is 0 Å². The molecule has 1 aromatic carbocycles. The standard InChI is InChI=1S/C18H26N2O/c1-3-11-20(14-9-10-14)13-18-16(12-19-4-2)15-7-5-6-8-17(15)21-18/h5-8,14,19H,3-4,9-13H2,1-2H3. The van der Waals surface area contributed by atoms with Crippen molar-refractivity contribution in [2.45, 2.75) is 52.2 Å². The molecule has 0 radical (unpaired) electrons. The van der Waals surface area contributed by atoms with Crippen LogP contribution in [0.25, 0.3) is 11.0 Å². The fourth-order valence-electron chi connectivity index (χ4n) is 3.02. The van der Waals surface area contributed by atoms with Gasteiger partial charge in [-0.05, 0) is 38.4 Å². The molecular formula is C18H26N2O. The Morgan fingerprint density at radius 3 is 2.76 bits per heavy atom. The van der Waals surface area contributed by atoms with Crippen LogP contribution in [0, 0.1) is 0 Å². The molecule has 114 valence electrons. The van der Waals surface area contributed by atoms with Crippen molar-refractivity contribution in [1.29, 1.82) is 0 Å². The first-order chi connectivity index (χ1) is 10.3. The van der Waals surface area contributed by atoms with Crippen molar-refractivity contribution in [3.05, 3.63) is 35.6 Å². The van der Waals surface area contributed by atoms with Crippen LogP contribution in [-0.4, -0.2) is 24.0 Å². The Kier molecular flexibility index (Phi) is 4.61. The zero-order valence-corrected chi connectivity index (χ0v) is 13.2. The van der Waals surface area contributed by atoms with E-state index in [9.17, 15) is 0 Å². The van der Waals surface area contributed by atoms with Gasteiger partial charge in [0.1, 0.15) is 11.3 Å². The molecule has 1 aliphatic carbocycles. The second-order valence-electron chi connectivity index (χ2n) is 5.98. The van der Waals surface area contributed by atoms with Crippen molar-refractivity contribution in [3.63, 3.8) is 0 Å². The molecule has 1 fully saturated rings. The quantitative estimate of drug-likeness (QED) is 0.797. The summed E-state index contributed by atoms with van der Waals surface area (Å²) in [6.07, 6.45) is 3.91. The van der Waals surface area contributed by atoms with E-state index in [4.69, 9.17) is 4.42 Å². The maximum absolute atomic E-state index is 6.17. The van der Waals surface area contributed by atoms with E-state index < -0.39 is 0 Å². The Morgan fingerprint density at radius 2 is 2.05 bits per heavy atom. The fraction of sp³-hybridized carbons (Fsp3) is 0.556. The Balaban J connectivity index is 1.88. The minimum Gasteiger partial charge on any atom is -0.459 e. The highest BCUT2D eigenvalue weighted by molar-refractivity contribution is 5.82. The molecule has 3 nitrogen and oxygen atoms in total. The average Bonchev–Trinajstić information content (AvgIpc) is 3.28. The second-order valence-corrected chi connectivity index (χ2v) is 5.98. The van der Waals surface area contributed by atoms with Gasteiger partial charge in [0.2, 0.25) is 0 Å². The minimum atomic E-state index is 0.783. The van der Waals surface area contributed by atoms with Crippen molar-refractivity contribution >= 4 is 11.0 Å². The summed E-state index contributed by atoms with van der Waals surface area (Å²) < 4.78 is 6.17. The lowest BCUT2D eigenvalue weighted by Crippen LogP contribution is -2.27. The first kappa shape index (κ1) is 14.6. The number of fused-ring (bicyclic) bond motifs is 1. The second kappa shape index (κ2) is 6.63. The van der Waals surface area contributed by atoms with Crippen LogP contribution in [0.2, 0.25) is 0 Å². The van der Waals surface area contributed by atoms with E-state index in [0.717, 1.165) is 37.0 Å². The van der Waals surface area contributed by atoms with E-state index in [1.807, 2.05) is 0 Å². The van der Waals surface area contributed by atoms with Crippen LogP contribution in [-0.2, 0) is 13.1 Å². The highest BCUT2D eigenvalue weighted by atomic mass is 16.3. The molecule has 2 aromatic rings. The maximum Gasteiger partial charge on any atom is 0.134 e. The topological polar surface area (TPSA) is 28.4 Å². The first-order valence-corrected chi connectivity index (χ1v) is 8.27. The molecule has 0 saturated heterocycles. The van der Waals surface area contributed by atoms with Crippen LogP contribution in [0.15, 0.2) is 28.7 Å². The number of benzene rings is 1. The smallest absolute Gasteiger partial charge is 0.134 e. The van der Waals surface area contributed by atoms with Gasteiger partial charge in [-0.2, -0.15) is 0 Å². The highest BCUT2D eigenvalue weighted by Gasteiger charge is 2.29. The average molecular weight is 286 g/mol. The predicted molar refractivity (Wildman–Crippen MR) is 87.3 cm³/mol. The minimum absolute atomic E-state index is 0.783. The first-order valence-electron chi connectivity index (χ1n) is 8.27. The lowest BCUT2D eigenvalue weighted by atomic mass is 10.1. The van der Waals surface area contributed by atoms with Gasteiger partial charge in [-0.1, -0.05) is 32.0 Å². The summed E-state index contributed by atoms with van der Waals surface area (Å²) in [6.45, 7) is 8.41. The summed E-state index contributed by atoms with van der Waals surface area (Å²) in [5, 5.41) is 4.72. The summed E-state index contributed by atoms with van der Waals surface area (Å²) >= 11 is 0. The molecule has 1 N–H and O–H groups in total. The number of para-hydroxylation sites is 1. The summed E-state index contributed by atoms with van der Waals surface area (Å²) in [7, 11) is 0. The number of hydrogen-bond donors (Lipinski definition) is 1. The van der Waals surface area contributed by atoms with Gasteiger partial charge in [-0.25, -0.2) is 0 Å². The molecule has 0 unspecified atom stereocenters. The molecule has 1 saturated carbocycles. The van der Waals surface area contributed by atoms with Crippen molar-refractivity contribution in [2.24, 2.45) is 0 Å². The SMILES string of the molecule is CCCN(Cc1oc2ccccc2c1CNCC)C1CC1. The molecule has 0 aliphatic heterocycles. The van der Waals surface area contributed by atoms with Gasteiger partial charge in [0.15, 0.2) is 0 Å². The Bertz CT molecular complexity index is 586. The zero-order chi connectivity index (χ0) is 14.7. The van der Waals surface area contributed by atoms with E-state index in [2.05, 4.69) is 48.3 Å². The lowest BCUT2D eigenvalue weighted by Gasteiger charge is -2.20. The number of nitrogens with one attached hydrogen (secondary N) is 1. The van der Waals surface area contributed by atoms with Gasteiger partial charge in [-0.15, -0.1) is 0 Å². The third-order valence-corrected chi connectivity index (χ3v) is 4.25. The zero-order valence-electron chi connectivity index (χ0n) is 13.2. The Morgan fingerprint density at radius 1 is 1.24 bits per heavy atom. The molecule has 0 bridgehead atoms. The third-order valence-electron chi connectivity index (χ3n) is 4.25. The third kappa shape index (κ3) is 3.30. The van der Waals surface area contributed by atoms with Gasteiger partial charge < -0.3 is 9.73 Å². The van der Waals surface area contributed by atoms with Gasteiger partial charge in [0.05, 0.1) is 6.54 Å². The summed E-state index contributed by atoms with van der Waals surface area (Å²) in [4.78, 5) is 2.59. The van der Waals surface area contributed by atoms with Crippen molar-refractivity contribution in [3.8, 4) is 0 Å². The Labute approximate surface area is 127 Å². The van der Waals surface area contributed by atoms with Gasteiger partial charge in [0.25, 0.3) is 0 Å². The molecule has 0 atom stereocenters. The monoisotopic (exact) mass is 286 g/mol. The summed E-state index contributed by atoms with van der Waals surface area (Å²) in [6, 6.07) is 9.19. The molecule has 1 aliphatic rings. The van der Waals surface area contributed by atoms with E-state index in [1.54, 1.807) is 0 Å². The van der Waals surface area contributed by atoms with Crippen molar-refractivity contribution in [1.82, 2.24) is 10.2 Å². The summed E-state index contributed by atoms with van der Waals surface area (Å²) in [5.41, 5.74) is 2.36. The number of nitrogens with zero attached hydrogens (tertiary/aromatic N) is 1. The van der Waals surface area contributed by atoms with E-state index in [-0.39, 0.29) is 0 Å². The number of rotatable bonds is 8. The van der Waals surface area contributed by atoms with Crippen LogP contribution in [0.5, 0.6) is 0 Å². The molecule has 0 amide bonds. The molecule has 3 heteroatoms. The van der Waals surface area contributed by atoms with E-state index in [1.165, 1.54) is 36.8 Å². The fourth-order valence-corrected chi connectivity index (χ4v) is 3.02. The predicted octanol–water partition coefficient (Wildman–Crippen LogP) is 3.92. The van der Waals surface area contributed by atoms with Gasteiger partial charge in [-0.3, -0.25) is 4.90 Å². The van der Waals surface area contributed by atoms with Crippen molar-refractivity contribution < 1.29 is 4.42 Å². The van der Waals surface area contributed by atoms with Crippen LogP contribution < -0.4 is 5.32 Å². The molecule has 21 heavy (non-hydrogen) atoms. The largest absolute Gasteiger partial charge is 0.459 e. The number of furan rings is 1. The van der Waals surface area contributed by atoms with Crippen LogP contribution in [0.3, 0.4) is 0 Å². The molecular weight excluding hydrogens is 260 g/mol. The van der Waals surface area contributed by atoms with Crippen LogP contribution in [0.1, 0.15) is 44.4 Å². The van der Waals surface area contributed by atoms with Gasteiger partial charge >= 0.3 is 0 Å². The lowest BCUT2D eigenvalue weighted by molar-refractivity contribution is 0.235. The number of hydrogen-bond acceptors (Lipinski definition) is 3. The van der Waals surface area contributed by atoms with Crippen LogP contribution >= 0.6 is 0 Å². The summed E-state index contributed by atoms with van der Waals surface area (Å²) in [5.74, 6) is 1.15. The highest BCUT2D eigenvalue weighted by Crippen LogP contribution is 2.32. The maximum atomic E-state index is 6.17. The Hall–Kier alpha value is -1.32. The molecule has 3 rings (SSSR count). The van der Waals surface area contributed by atoms with Crippen molar-refractivity contribution in [2.75, 3.05) is 13.1 Å².